The molecule has 2 aliphatic heterocycles. The van der Waals surface area contributed by atoms with Gasteiger partial charge in [-0.15, -0.1) is 23.2 Å². The molecule has 12 amide bonds. The number of carbonyl (C=O) groups is 12. The molecule has 5 rings (SSSR count). The third kappa shape index (κ3) is 25.1. The van der Waals surface area contributed by atoms with Gasteiger partial charge in [-0.2, -0.15) is 13.2 Å². The molecule has 0 aromatic rings. The average molecular weight is 1470 g/mol. The first-order valence-corrected chi connectivity index (χ1v) is 37.8. The summed E-state index contributed by atoms with van der Waals surface area (Å²) in [5.41, 5.74) is 0. The SMILES string of the molecule is CC[C@H](C)[C@@H]1NC(=O)[C@H](C)N(C)C(=O)C[C@@H](C(=O)N2CCCCC2)NC(=O)[C@H](CC(C)C)N(C)C(=O)[C@H](CC2CCCCC2)N(C)C(=O)[C@H](CC(C)C)NC(=O)[C@H](CCC2CCC(C(F)(F)F)C(Cl)C2)NC(=O)CN(C)C(=O)[C@H](CC2CCC(Cl)CC2)N(C)C(=O)CN(C)C(=O)CN(C)C1=O. The Bertz CT molecular complexity index is 2840. The minimum atomic E-state index is -4.52. The highest BCUT2D eigenvalue weighted by atomic mass is 35.5. The number of hydrogen-bond acceptors (Lipinski definition) is 12. The van der Waals surface area contributed by atoms with Crippen LogP contribution in [0.3, 0.4) is 0 Å². The van der Waals surface area contributed by atoms with Gasteiger partial charge in [-0.25, -0.2) is 0 Å². The van der Waals surface area contributed by atoms with E-state index in [9.17, 15) is 51.5 Å². The van der Waals surface area contributed by atoms with Gasteiger partial charge in [0.1, 0.15) is 48.3 Å². The van der Waals surface area contributed by atoms with E-state index in [1.165, 1.54) is 71.0 Å². The zero-order chi connectivity index (χ0) is 75.5. The lowest BCUT2D eigenvalue weighted by atomic mass is 9.78. The first-order chi connectivity index (χ1) is 47.3. The number of halogens is 5. The number of likely N-dealkylation sites (N-methyl/N-ethyl adjacent to an activating group) is 7. The van der Waals surface area contributed by atoms with Crippen LogP contribution >= 0.6 is 23.2 Å². The normalized spacial score (nSPS) is 30.2. The molecule has 0 bridgehead atoms. The van der Waals surface area contributed by atoms with Crippen LogP contribution in [-0.2, 0) is 57.5 Å². The number of nitrogens with zero attached hydrogens (tertiary/aromatic N) is 8. The summed E-state index contributed by atoms with van der Waals surface area (Å²) in [6.45, 7) is 11.4. The Hall–Kier alpha value is -5.99. The smallest absolute Gasteiger partial charge is 0.343 e. The number of amides is 12. The lowest BCUT2D eigenvalue weighted by molar-refractivity contribution is -0.182. The molecule has 2 heterocycles. The van der Waals surface area contributed by atoms with Crippen LogP contribution in [0.4, 0.5) is 13.2 Å². The van der Waals surface area contributed by atoms with Crippen molar-refractivity contribution in [3.05, 3.63) is 0 Å². The lowest BCUT2D eigenvalue weighted by Gasteiger charge is -2.39. The van der Waals surface area contributed by atoms with Crippen molar-refractivity contribution in [3.8, 4) is 0 Å². The number of nitrogens with one attached hydrogen (secondary N) is 4. The van der Waals surface area contributed by atoms with Gasteiger partial charge in [-0.05, 0) is 145 Å². The second kappa shape index (κ2) is 39.8. The summed E-state index contributed by atoms with van der Waals surface area (Å²) >= 11 is 12.9. The molecule has 5 fully saturated rings. The number of piperidine rings is 1. The molecule has 29 heteroatoms. The molecule has 4 N–H and O–H groups in total. The van der Waals surface area contributed by atoms with E-state index in [4.69, 9.17) is 23.2 Å². The van der Waals surface area contributed by atoms with Crippen LogP contribution in [0.25, 0.3) is 0 Å². The van der Waals surface area contributed by atoms with Crippen LogP contribution in [-0.4, -0.2) is 257 Å². The molecule has 574 valence electrons. The zero-order valence-electron chi connectivity index (χ0n) is 62.5. The molecule has 0 aromatic heterocycles. The summed E-state index contributed by atoms with van der Waals surface area (Å²) in [6, 6.07) is -10.3. The molecule has 0 spiro atoms. The van der Waals surface area contributed by atoms with E-state index >= 15 is 19.2 Å². The molecule has 3 aliphatic carbocycles. The highest BCUT2D eigenvalue weighted by Gasteiger charge is 2.48. The number of carbonyl (C=O) groups excluding carboxylic acids is 12. The minimum Gasteiger partial charge on any atom is -0.343 e. The van der Waals surface area contributed by atoms with Gasteiger partial charge in [0.2, 0.25) is 70.9 Å². The van der Waals surface area contributed by atoms with Gasteiger partial charge in [0, 0.05) is 73.2 Å². The van der Waals surface area contributed by atoms with E-state index in [1.807, 2.05) is 34.6 Å². The predicted octanol–water partition coefficient (Wildman–Crippen LogP) is 6.71. The highest BCUT2D eigenvalue weighted by Crippen LogP contribution is 2.44. The fourth-order valence-corrected chi connectivity index (χ4v) is 15.6. The number of hydrogen-bond donors (Lipinski definition) is 4. The quantitative estimate of drug-likeness (QED) is 0.132. The standard InChI is InChI=1S/C72H119Cl2F3N12O12/c1-15-45(6)63-71(101)84(10)41-61(92)82(8)42-62(93)86(12)57(38-49-24-28-50(73)29-25-49)69(99)83(9)40-59(90)78-53(31-27-48-26-30-51(52(74)36-48)72(75,76)77)65(95)79-54(34-43(2)3)67(97)88(14)58(37-47-22-18-16-19-23-47)70(100)87(13)56(35-44(4)5)66(96)80-55(68(98)89-32-20-17-21-33-89)39-60(91)85(11)46(7)64(94)81-63/h43-58,63H,15-42H2,1-14H3,(H,78,90)(H,79,95)(H,80,96)(H,81,94)/t45-,46-,48?,49?,50?,51?,52?,53-,54-,55-,56-,57-,58-,63-/m0/s1. The first-order valence-electron chi connectivity index (χ1n) is 37.0. The van der Waals surface area contributed by atoms with Crippen molar-refractivity contribution in [2.45, 2.75) is 261 Å². The van der Waals surface area contributed by atoms with E-state index in [2.05, 4.69) is 21.3 Å². The third-order valence-electron chi connectivity index (χ3n) is 21.9. The van der Waals surface area contributed by atoms with Crippen molar-refractivity contribution in [2.24, 2.45) is 41.4 Å². The van der Waals surface area contributed by atoms with Crippen molar-refractivity contribution in [1.29, 1.82) is 0 Å². The van der Waals surface area contributed by atoms with Gasteiger partial charge in [-0.1, -0.05) is 80.1 Å². The molecule has 0 aromatic carbocycles. The summed E-state index contributed by atoms with van der Waals surface area (Å²) < 4.78 is 42.1. The molecule has 0 radical (unpaired) electrons. The Morgan fingerprint density at radius 3 is 1.63 bits per heavy atom. The Labute approximate surface area is 607 Å². The third-order valence-corrected chi connectivity index (χ3v) is 22.8. The summed E-state index contributed by atoms with van der Waals surface area (Å²) in [4.78, 5) is 187. The van der Waals surface area contributed by atoms with E-state index in [1.54, 1.807) is 11.8 Å². The monoisotopic (exact) mass is 1470 g/mol. The minimum absolute atomic E-state index is 0.0243. The van der Waals surface area contributed by atoms with Crippen LogP contribution in [0.2, 0.25) is 0 Å². The molecule has 3 unspecified atom stereocenters. The van der Waals surface area contributed by atoms with Gasteiger partial charge in [-0.3, -0.25) is 57.5 Å². The highest BCUT2D eigenvalue weighted by molar-refractivity contribution is 6.21. The molecular formula is C72H119Cl2F3N12O12. The Kier molecular flexibility index (Phi) is 33.7. The van der Waals surface area contributed by atoms with Crippen LogP contribution in [0.15, 0.2) is 0 Å². The number of alkyl halides is 5. The van der Waals surface area contributed by atoms with Crippen molar-refractivity contribution >= 4 is 94.1 Å². The molecule has 2 saturated heterocycles. The van der Waals surface area contributed by atoms with E-state index in [-0.39, 0.29) is 86.8 Å². The predicted molar refractivity (Wildman–Crippen MR) is 379 cm³/mol. The Morgan fingerprint density at radius 2 is 1.06 bits per heavy atom. The molecule has 101 heavy (non-hydrogen) atoms. The largest absolute Gasteiger partial charge is 0.393 e. The van der Waals surface area contributed by atoms with E-state index in [0.29, 0.717) is 58.0 Å². The van der Waals surface area contributed by atoms with Gasteiger partial charge in [0.05, 0.1) is 32.0 Å². The second-order valence-corrected chi connectivity index (χ2v) is 31.9. The topological polar surface area (TPSA) is 279 Å². The van der Waals surface area contributed by atoms with Gasteiger partial charge >= 0.3 is 6.18 Å². The molecule has 12 atom stereocenters. The zero-order valence-corrected chi connectivity index (χ0v) is 64.0. The Balaban J connectivity index is 1.62. The lowest BCUT2D eigenvalue weighted by Crippen LogP contribution is -2.61. The fourth-order valence-electron chi connectivity index (χ4n) is 14.9. The maximum absolute atomic E-state index is 15.6. The summed E-state index contributed by atoms with van der Waals surface area (Å²) in [5, 5.41) is 9.99. The van der Waals surface area contributed by atoms with Gasteiger partial charge in [0.15, 0.2) is 0 Å². The Morgan fingerprint density at radius 1 is 0.515 bits per heavy atom. The van der Waals surface area contributed by atoms with Crippen molar-refractivity contribution in [1.82, 2.24) is 60.5 Å². The molecule has 5 aliphatic rings. The van der Waals surface area contributed by atoms with Gasteiger partial charge < -0.3 is 60.5 Å². The van der Waals surface area contributed by atoms with Crippen molar-refractivity contribution in [2.75, 3.05) is 82.1 Å². The number of rotatable bonds is 14. The van der Waals surface area contributed by atoms with Gasteiger partial charge in [0.25, 0.3) is 0 Å². The summed E-state index contributed by atoms with van der Waals surface area (Å²) in [7, 11) is 9.81. The van der Waals surface area contributed by atoms with E-state index in [0.717, 1.165) is 58.1 Å². The van der Waals surface area contributed by atoms with Crippen molar-refractivity contribution in [3.63, 3.8) is 0 Å². The van der Waals surface area contributed by atoms with Crippen LogP contribution < -0.4 is 21.3 Å². The van der Waals surface area contributed by atoms with Crippen LogP contribution in [0.5, 0.6) is 0 Å². The summed E-state index contributed by atoms with van der Waals surface area (Å²) in [5.74, 6) is -11.4. The summed E-state index contributed by atoms with van der Waals surface area (Å²) in [6.07, 6.45) is 4.67. The van der Waals surface area contributed by atoms with Crippen LogP contribution in [0, 0.1) is 41.4 Å². The second-order valence-electron chi connectivity index (χ2n) is 30.7. The maximum Gasteiger partial charge on any atom is 0.393 e. The van der Waals surface area contributed by atoms with E-state index < -0.39 is 175 Å². The molecule has 3 saturated carbocycles. The number of likely N-dealkylation sites (tertiary alicyclic amines) is 1. The van der Waals surface area contributed by atoms with Crippen LogP contribution in [0.1, 0.15) is 196 Å². The fraction of sp³-hybridized carbons (Fsp3) is 0.833. The maximum atomic E-state index is 15.6. The molecular weight excluding hydrogens is 1350 g/mol. The van der Waals surface area contributed by atoms with Crippen molar-refractivity contribution < 1.29 is 70.7 Å². The molecule has 24 nitrogen and oxygen atoms in total. The average Bonchev–Trinajstić information content (AvgIpc) is 0.825. The first kappa shape index (κ1) is 85.7.